The lowest BCUT2D eigenvalue weighted by Gasteiger charge is -2.38. The highest BCUT2D eigenvalue weighted by atomic mass is 16.7. The van der Waals surface area contributed by atoms with E-state index < -0.39 is 82.0 Å². The van der Waals surface area contributed by atoms with Gasteiger partial charge in [-0.25, -0.2) is 4.79 Å². The largest absolute Gasteiger partial charge is 0.508 e. The molecule has 2 heterocycles. The number of hydrogen-bond acceptors (Lipinski definition) is 12. The Bertz CT molecular complexity index is 1330. The molecule has 8 N–H and O–H groups in total. The average molecular weight is 478 g/mol. The molecule has 0 radical (unpaired) electrons. The molecule has 180 valence electrons. The van der Waals surface area contributed by atoms with Gasteiger partial charge in [0.1, 0.15) is 40.8 Å². The lowest BCUT2D eigenvalue weighted by molar-refractivity contribution is -0.271. The van der Waals surface area contributed by atoms with Gasteiger partial charge in [0.15, 0.2) is 23.4 Å². The normalized spacial score (nSPS) is 24.7. The molecule has 0 unspecified atom stereocenters. The second-order valence-corrected chi connectivity index (χ2v) is 7.48. The van der Waals surface area contributed by atoms with Crippen molar-refractivity contribution in [2.45, 2.75) is 30.7 Å². The van der Waals surface area contributed by atoms with Crippen molar-refractivity contribution in [2.75, 3.05) is 0 Å². The van der Waals surface area contributed by atoms with Crippen LogP contribution in [0.4, 0.5) is 0 Å². The number of aliphatic hydroxyl groups excluding tert-OH is 3. The van der Waals surface area contributed by atoms with Crippen LogP contribution in [0.25, 0.3) is 22.3 Å². The molecule has 3 aromatic rings. The Morgan fingerprint density at radius 1 is 0.882 bits per heavy atom. The summed E-state index contributed by atoms with van der Waals surface area (Å²) < 4.78 is 16.1. The number of hydrogen-bond donors (Lipinski definition) is 8. The first-order chi connectivity index (χ1) is 16.0. The standard InChI is InChI=1S/C21H18O13/c22-7-4-10(25)12-11(5-7)32-17(6-1-2-8(23)9(24)3-6)18(13(12)26)33-21-16(29)14(27)15(28)19(34-21)20(30)31/h1-5,14-16,19,21-25,27-29H,(H,30,31)/t14-,15-,16+,19-,21-/m1/s1. The molecule has 1 aromatic heterocycles. The van der Waals surface area contributed by atoms with E-state index in [0.717, 1.165) is 24.3 Å². The van der Waals surface area contributed by atoms with Crippen molar-refractivity contribution in [1.82, 2.24) is 0 Å². The van der Waals surface area contributed by atoms with Crippen molar-refractivity contribution in [1.29, 1.82) is 0 Å². The second kappa shape index (κ2) is 8.39. The third kappa shape index (κ3) is 3.82. The molecule has 0 spiro atoms. The van der Waals surface area contributed by atoms with E-state index in [1.807, 2.05) is 0 Å². The summed E-state index contributed by atoms with van der Waals surface area (Å²) in [5, 5.41) is 78.3. The second-order valence-electron chi connectivity index (χ2n) is 7.48. The Morgan fingerprint density at radius 2 is 1.59 bits per heavy atom. The van der Waals surface area contributed by atoms with Crippen LogP contribution in [0.3, 0.4) is 0 Å². The van der Waals surface area contributed by atoms with Gasteiger partial charge in [-0.15, -0.1) is 0 Å². The summed E-state index contributed by atoms with van der Waals surface area (Å²) in [6, 6.07) is 5.13. The Kier molecular flexibility index (Phi) is 5.70. The zero-order valence-corrected chi connectivity index (χ0v) is 16.9. The number of carboxylic acid groups (broad SMARTS) is 1. The van der Waals surface area contributed by atoms with Gasteiger partial charge in [-0.2, -0.15) is 0 Å². The molecule has 1 fully saturated rings. The van der Waals surface area contributed by atoms with Crippen LogP contribution in [-0.2, 0) is 9.53 Å². The van der Waals surface area contributed by atoms with E-state index in [2.05, 4.69) is 0 Å². The van der Waals surface area contributed by atoms with E-state index in [1.165, 1.54) is 6.07 Å². The van der Waals surface area contributed by atoms with Crippen molar-refractivity contribution in [3.8, 4) is 40.1 Å². The van der Waals surface area contributed by atoms with E-state index in [-0.39, 0.29) is 11.1 Å². The maximum atomic E-state index is 13.2. The lowest BCUT2D eigenvalue weighted by atomic mass is 9.99. The predicted octanol–water partition coefficient (Wildman–Crippen LogP) is -0.447. The quantitative estimate of drug-likeness (QED) is 0.223. The predicted molar refractivity (Wildman–Crippen MR) is 110 cm³/mol. The van der Waals surface area contributed by atoms with Crippen LogP contribution in [-0.4, -0.2) is 77.5 Å². The number of carbonyl (C=O) groups is 1. The van der Waals surface area contributed by atoms with Crippen molar-refractivity contribution in [2.24, 2.45) is 0 Å². The summed E-state index contributed by atoms with van der Waals surface area (Å²) in [6.07, 6.45) is -10.1. The molecule has 1 aliphatic rings. The van der Waals surface area contributed by atoms with Crippen molar-refractivity contribution < 1.29 is 59.5 Å². The minimum Gasteiger partial charge on any atom is -0.508 e. The van der Waals surface area contributed by atoms with Gasteiger partial charge in [-0.05, 0) is 18.2 Å². The van der Waals surface area contributed by atoms with Crippen LogP contribution in [0.1, 0.15) is 0 Å². The Morgan fingerprint density at radius 3 is 2.24 bits per heavy atom. The molecule has 0 saturated carbocycles. The van der Waals surface area contributed by atoms with Gasteiger partial charge in [0.2, 0.25) is 17.5 Å². The number of aromatic hydroxyl groups is 4. The maximum Gasteiger partial charge on any atom is 0.335 e. The van der Waals surface area contributed by atoms with Crippen LogP contribution in [0.2, 0.25) is 0 Å². The number of fused-ring (bicyclic) bond motifs is 1. The molecular weight excluding hydrogens is 460 g/mol. The minimum absolute atomic E-state index is 0.0483. The highest BCUT2D eigenvalue weighted by Crippen LogP contribution is 2.39. The van der Waals surface area contributed by atoms with Gasteiger partial charge in [-0.1, -0.05) is 0 Å². The molecule has 13 heteroatoms. The average Bonchev–Trinajstić information content (AvgIpc) is 2.76. The van der Waals surface area contributed by atoms with Crippen LogP contribution in [0, 0.1) is 0 Å². The molecule has 1 saturated heterocycles. The Labute approximate surface area is 188 Å². The fourth-order valence-corrected chi connectivity index (χ4v) is 3.50. The van der Waals surface area contributed by atoms with E-state index in [0.29, 0.717) is 0 Å². The summed E-state index contributed by atoms with van der Waals surface area (Å²) >= 11 is 0. The maximum absolute atomic E-state index is 13.2. The van der Waals surface area contributed by atoms with Crippen LogP contribution in [0.15, 0.2) is 39.5 Å². The lowest BCUT2D eigenvalue weighted by Crippen LogP contribution is -2.61. The smallest absolute Gasteiger partial charge is 0.335 e. The SMILES string of the molecule is O=C(O)[C@@H]1O[C@@H](Oc2c(-c3ccc(O)c(O)c3)oc3cc(O)cc(O)c3c2=O)[C@@H](O)[C@H](O)[C@H]1O. The number of phenolic OH excluding ortho intramolecular Hbond substituents is 4. The molecule has 2 aromatic carbocycles. The van der Waals surface area contributed by atoms with Gasteiger partial charge in [0, 0.05) is 17.7 Å². The molecule has 1 aliphatic heterocycles. The zero-order valence-electron chi connectivity index (χ0n) is 16.9. The van der Waals surface area contributed by atoms with Crippen molar-refractivity contribution in [3.05, 3.63) is 40.6 Å². The molecular formula is C21H18O13. The summed E-state index contributed by atoms with van der Waals surface area (Å²) in [5.74, 6) is -5.11. The van der Waals surface area contributed by atoms with E-state index in [1.54, 1.807) is 0 Å². The first kappa shape index (κ1) is 23.1. The monoisotopic (exact) mass is 478 g/mol. The van der Waals surface area contributed by atoms with Gasteiger partial charge < -0.3 is 54.7 Å². The summed E-state index contributed by atoms with van der Waals surface area (Å²) in [5.41, 5.74) is -1.40. The molecule has 4 rings (SSSR count). The minimum atomic E-state index is -2.03. The van der Waals surface area contributed by atoms with Crippen LogP contribution >= 0.6 is 0 Å². The molecule has 13 nitrogen and oxygen atoms in total. The van der Waals surface area contributed by atoms with Gasteiger partial charge in [0.25, 0.3) is 0 Å². The number of ether oxygens (including phenoxy) is 2. The van der Waals surface area contributed by atoms with E-state index >= 15 is 0 Å². The summed E-state index contributed by atoms with van der Waals surface area (Å²) in [4.78, 5) is 24.6. The van der Waals surface area contributed by atoms with Gasteiger partial charge >= 0.3 is 5.97 Å². The number of aliphatic hydroxyl groups is 3. The highest BCUT2D eigenvalue weighted by molar-refractivity contribution is 5.88. The van der Waals surface area contributed by atoms with Crippen LogP contribution in [0.5, 0.6) is 28.7 Å². The molecule has 0 bridgehead atoms. The fourth-order valence-electron chi connectivity index (χ4n) is 3.50. The molecule has 0 amide bonds. The third-order valence-corrected chi connectivity index (χ3v) is 5.20. The Hall–Kier alpha value is -4.04. The van der Waals surface area contributed by atoms with E-state index in [4.69, 9.17) is 13.9 Å². The number of aliphatic carboxylic acids is 1. The summed E-state index contributed by atoms with van der Waals surface area (Å²) in [7, 11) is 0. The molecule has 0 aliphatic carbocycles. The number of benzene rings is 2. The topological polar surface area (TPSA) is 228 Å². The number of carboxylic acids is 1. The first-order valence-electron chi connectivity index (χ1n) is 9.64. The van der Waals surface area contributed by atoms with Crippen molar-refractivity contribution in [3.63, 3.8) is 0 Å². The number of phenols is 4. The number of rotatable bonds is 4. The third-order valence-electron chi connectivity index (χ3n) is 5.20. The fraction of sp³-hybridized carbons (Fsp3) is 0.238. The first-order valence-corrected chi connectivity index (χ1v) is 9.64. The molecule has 34 heavy (non-hydrogen) atoms. The zero-order chi connectivity index (χ0) is 24.9. The van der Waals surface area contributed by atoms with Crippen LogP contribution < -0.4 is 10.2 Å². The van der Waals surface area contributed by atoms with Gasteiger partial charge in [-0.3, -0.25) is 4.79 Å². The van der Waals surface area contributed by atoms with E-state index in [9.17, 15) is 50.4 Å². The Balaban J connectivity index is 1.91. The summed E-state index contributed by atoms with van der Waals surface area (Å²) in [6.45, 7) is 0. The van der Waals surface area contributed by atoms with Crippen molar-refractivity contribution >= 4 is 16.9 Å². The molecule has 5 atom stereocenters. The van der Waals surface area contributed by atoms with Gasteiger partial charge in [0.05, 0.1) is 0 Å². The highest BCUT2D eigenvalue weighted by Gasteiger charge is 2.48.